The Kier molecular flexibility index (Phi) is 6.76. The highest BCUT2D eigenvalue weighted by molar-refractivity contribution is 7.15. The van der Waals surface area contributed by atoms with Gasteiger partial charge in [0.25, 0.3) is 0 Å². The van der Waals surface area contributed by atoms with Crippen molar-refractivity contribution in [1.29, 1.82) is 0 Å². The third kappa shape index (κ3) is 4.93. The predicted molar refractivity (Wildman–Crippen MR) is 97.7 cm³/mol. The van der Waals surface area contributed by atoms with Crippen molar-refractivity contribution >= 4 is 28.5 Å². The second kappa shape index (κ2) is 9.03. The molecule has 0 atom stereocenters. The molecule has 0 aliphatic heterocycles. The number of hydrogen-bond donors (Lipinski definition) is 1. The van der Waals surface area contributed by atoms with Gasteiger partial charge in [-0.1, -0.05) is 18.3 Å². The minimum absolute atomic E-state index is 0.284. The zero-order valence-electron chi connectivity index (χ0n) is 14.7. The first-order chi connectivity index (χ1) is 12.1. The molecule has 2 aromatic rings. The molecule has 0 aliphatic rings. The molecular weight excluding hydrogens is 342 g/mol. The van der Waals surface area contributed by atoms with Crippen LogP contribution >= 0.6 is 11.3 Å². The van der Waals surface area contributed by atoms with Crippen LogP contribution in [-0.4, -0.2) is 37.4 Å². The van der Waals surface area contributed by atoms with E-state index in [4.69, 9.17) is 14.2 Å². The number of nitrogens with one attached hydrogen (secondary N) is 1. The fourth-order valence-electron chi connectivity index (χ4n) is 2.14. The zero-order chi connectivity index (χ0) is 18.2. The monoisotopic (exact) mass is 363 g/mol. The molecule has 134 valence electrons. The molecule has 7 nitrogen and oxygen atoms in total. The second-order valence-corrected chi connectivity index (χ2v) is 6.09. The first kappa shape index (κ1) is 18.7. The molecule has 0 saturated carbocycles. The Morgan fingerprint density at radius 3 is 2.40 bits per heavy atom. The first-order valence-corrected chi connectivity index (χ1v) is 8.54. The van der Waals surface area contributed by atoms with Crippen LogP contribution < -0.4 is 19.5 Å². The number of benzene rings is 1. The average Bonchev–Trinajstić information content (AvgIpc) is 3.06. The van der Waals surface area contributed by atoms with E-state index in [-0.39, 0.29) is 5.91 Å². The van der Waals surface area contributed by atoms with E-state index in [0.29, 0.717) is 22.4 Å². The summed E-state index contributed by atoms with van der Waals surface area (Å²) in [6.45, 7) is 2.07. The molecule has 2 rings (SSSR count). The highest BCUT2D eigenvalue weighted by Gasteiger charge is 2.12. The van der Waals surface area contributed by atoms with E-state index in [2.05, 4.69) is 22.4 Å². The zero-order valence-corrected chi connectivity index (χ0v) is 15.5. The summed E-state index contributed by atoms with van der Waals surface area (Å²) in [5.41, 5.74) is 0.744. The number of hydrogen-bond acceptors (Lipinski definition) is 7. The second-order valence-electron chi connectivity index (χ2n) is 5.03. The fourth-order valence-corrected chi connectivity index (χ4v) is 2.98. The van der Waals surface area contributed by atoms with E-state index in [0.717, 1.165) is 23.4 Å². The Labute approximate surface area is 150 Å². The molecule has 1 amide bonds. The smallest absolute Gasteiger partial charge is 0.250 e. The van der Waals surface area contributed by atoms with Gasteiger partial charge in [-0.15, -0.1) is 10.2 Å². The molecule has 0 saturated heterocycles. The average molecular weight is 363 g/mol. The van der Waals surface area contributed by atoms with Crippen molar-refractivity contribution in [2.75, 3.05) is 26.6 Å². The van der Waals surface area contributed by atoms with Crippen LogP contribution in [0.2, 0.25) is 0 Å². The van der Waals surface area contributed by atoms with Crippen molar-refractivity contribution in [2.45, 2.75) is 19.8 Å². The van der Waals surface area contributed by atoms with Crippen LogP contribution in [0, 0.1) is 0 Å². The van der Waals surface area contributed by atoms with Crippen molar-refractivity contribution in [1.82, 2.24) is 10.2 Å². The minimum Gasteiger partial charge on any atom is -0.493 e. The molecule has 0 unspecified atom stereocenters. The van der Waals surface area contributed by atoms with Crippen LogP contribution in [-0.2, 0) is 11.2 Å². The van der Waals surface area contributed by atoms with Gasteiger partial charge in [-0.2, -0.15) is 0 Å². The summed E-state index contributed by atoms with van der Waals surface area (Å²) >= 11 is 1.38. The van der Waals surface area contributed by atoms with E-state index in [1.807, 2.05) is 0 Å². The van der Waals surface area contributed by atoms with E-state index in [1.54, 1.807) is 32.4 Å². The molecule has 0 radical (unpaired) electrons. The molecule has 1 N–H and O–H groups in total. The number of aryl methyl sites for hydroxylation is 1. The lowest BCUT2D eigenvalue weighted by Crippen LogP contribution is -2.07. The van der Waals surface area contributed by atoms with E-state index in [9.17, 15) is 4.79 Å². The van der Waals surface area contributed by atoms with Crippen LogP contribution in [0.25, 0.3) is 6.08 Å². The number of rotatable bonds is 8. The molecule has 0 fully saturated rings. The summed E-state index contributed by atoms with van der Waals surface area (Å²) in [5.74, 6) is 1.27. The Balaban J connectivity index is 2.10. The van der Waals surface area contributed by atoms with Gasteiger partial charge < -0.3 is 14.2 Å². The van der Waals surface area contributed by atoms with Crippen LogP contribution in [0.4, 0.5) is 5.13 Å². The highest BCUT2D eigenvalue weighted by Crippen LogP contribution is 2.38. The van der Waals surface area contributed by atoms with Crippen molar-refractivity contribution in [3.63, 3.8) is 0 Å². The van der Waals surface area contributed by atoms with Gasteiger partial charge in [0, 0.05) is 12.5 Å². The summed E-state index contributed by atoms with van der Waals surface area (Å²) < 4.78 is 15.9. The summed E-state index contributed by atoms with van der Waals surface area (Å²) in [4.78, 5) is 12.0. The number of amides is 1. The Hall–Kier alpha value is -2.61. The number of methoxy groups -OCH3 is 3. The maximum absolute atomic E-state index is 12.0. The topological polar surface area (TPSA) is 82.6 Å². The first-order valence-electron chi connectivity index (χ1n) is 7.72. The summed E-state index contributed by atoms with van der Waals surface area (Å²) in [6.07, 6.45) is 4.92. The number of nitrogens with zero attached hydrogens (tertiary/aromatic N) is 2. The standard InChI is InChI=1S/C17H21N3O4S/c1-5-6-15-19-20-17(25-15)18-14(21)8-7-11-9-12(22-2)16(24-4)13(10-11)23-3/h7-10H,5-6H2,1-4H3,(H,18,20,21)/b8-7+. The van der Waals surface area contributed by atoms with Gasteiger partial charge in [-0.25, -0.2) is 0 Å². The number of carbonyl (C=O) groups is 1. The predicted octanol–water partition coefficient (Wildman–Crippen LogP) is 3.17. The van der Waals surface area contributed by atoms with Crippen molar-refractivity contribution in [3.05, 3.63) is 28.8 Å². The summed E-state index contributed by atoms with van der Waals surface area (Å²) in [7, 11) is 4.62. The van der Waals surface area contributed by atoms with Gasteiger partial charge in [0.05, 0.1) is 21.3 Å². The number of carbonyl (C=O) groups excluding carboxylic acids is 1. The summed E-state index contributed by atoms with van der Waals surface area (Å²) in [5, 5.41) is 12.1. The van der Waals surface area contributed by atoms with Gasteiger partial charge in [0.1, 0.15) is 5.01 Å². The maximum atomic E-state index is 12.0. The van der Waals surface area contributed by atoms with Gasteiger partial charge in [-0.3, -0.25) is 10.1 Å². The van der Waals surface area contributed by atoms with Crippen LogP contribution in [0.3, 0.4) is 0 Å². The third-order valence-electron chi connectivity index (χ3n) is 3.28. The van der Waals surface area contributed by atoms with Crippen LogP contribution in [0.1, 0.15) is 23.9 Å². The number of ether oxygens (including phenoxy) is 3. The third-order valence-corrected chi connectivity index (χ3v) is 4.17. The molecule has 0 spiro atoms. The lowest BCUT2D eigenvalue weighted by molar-refractivity contribution is -0.111. The van der Waals surface area contributed by atoms with E-state index in [1.165, 1.54) is 24.5 Å². The Morgan fingerprint density at radius 1 is 1.16 bits per heavy atom. The van der Waals surface area contributed by atoms with Crippen LogP contribution in [0.15, 0.2) is 18.2 Å². The largest absolute Gasteiger partial charge is 0.493 e. The number of aromatic nitrogens is 2. The normalized spacial score (nSPS) is 10.7. The molecule has 8 heteroatoms. The van der Waals surface area contributed by atoms with Gasteiger partial charge in [-0.05, 0) is 30.2 Å². The maximum Gasteiger partial charge on any atom is 0.250 e. The molecule has 0 aliphatic carbocycles. The lowest BCUT2D eigenvalue weighted by atomic mass is 10.1. The van der Waals surface area contributed by atoms with Gasteiger partial charge in [0.15, 0.2) is 11.5 Å². The van der Waals surface area contributed by atoms with E-state index < -0.39 is 0 Å². The summed E-state index contributed by atoms with van der Waals surface area (Å²) in [6, 6.07) is 3.52. The Bertz CT molecular complexity index is 733. The molecular formula is C17H21N3O4S. The molecule has 1 heterocycles. The van der Waals surface area contributed by atoms with Gasteiger partial charge in [0.2, 0.25) is 16.8 Å². The highest BCUT2D eigenvalue weighted by atomic mass is 32.1. The van der Waals surface area contributed by atoms with Gasteiger partial charge >= 0.3 is 0 Å². The Morgan fingerprint density at radius 2 is 1.84 bits per heavy atom. The minimum atomic E-state index is -0.284. The SMILES string of the molecule is CCCc1nnc(NC(=O)/C=C/c2cc(OC)c(OC)c(OC)c2)s1. The van der Waals surface area contributed by atoms with Crippen LogP contribution in [0.5, 0.6) is 17.2 Å². The fraction of sp³-hybridized carbons (Fsp3) is 0.353. The number of anilines is 1. The lowest BCUT2D eigenvalue weighted by Gasteiger charge is -2.12. The van der Waals surface area contributed by atoms with Crippen molar-refractivity contribution < 1.29 is 19.0 Å². The molecule has 25 heavy (non-hydrogen) atoms. The molecule has 1 aromatic heterocycles. The quantitative estimate of drug-likeness (QED) is 0.726. The van der Waals surface area contributed by atoms with Crippen molar-refractivity contribution in [2.24, 2.45) is 0 Å². The molecule has 1 aromatic carbocycles. The van der Waals surface area contributed by atoms with Crippen molar-refractivity contribution in [3.8, 4) is 17.2 Å². The van der Waals surface area contributed by atoms with E-state index >= 15 is 0 Å². The molecule has 0 bridgehead atoms.